The van der Waals surface area contributed by atoms with Crippen LogP contribution in [0, 0.1) is 12.7 Å². The molecule has 1 aromatic carbocycles. The van der Waals surface area contributed by atoms with E-state index in [1.165, 1.54) is 12.3 Å². The van der Waals surface area contributed by atoms with Gasteiger partial charge in [-0.3, -0.25) is 4.98 Å². The molecule has 1 unspecified atom stereocenters. The molecule has 0 aliphatic rings. The van der Waals surface area contributed by atoms with Crippen molar-refractivity contribution in [3.8, 4) is 0 Å². The van der Waals surface area contributed by atoms with Crippen molar-refractivity contribution >= 4 is 11.6 Å². The Bertz CT molecular complexity index is 572. The van der Waals surface area contributed by atoms with E-state index in [2.05, 4.69) is 10.3 Å². The first-order valence-corrected chi connectivity index (χ1v) is 6.60. The predicted molar refractivity (Wildman–Crippen MR) is 75.9 cm³/mol. The lowest BCUT2D eigenvalue weighted by Crippen LogP contribution is -2.22. The van der Waals surface area contributed by atoms with Gasteiger partial charge in [-0.2, -0.15) is 0 Å². The normalized spacial score (nSPS) is 12.4. The van der Waals surface area contributed by atoms with Crippen molar-refractivity contribution in [3.05, 3.63) is 64.2 Å². The fraction of sp³-hybridized carbons (Fsp3) is 0.267. The molecule has 0 aliphatic heterocycles. The average molecular weight is 279 g/mol. The van der Waals surface area contributed by atoms with Crippen LogP contribution >= 0.6 is 11.6 Å². The molecule has 0 spiro atoms. The molecule has 2 aromatic rings. The summed E-state index contributed by atoms with van der Waals surface area (Å²) < 4.78 is 13.3. The average Bonchev–Trinajstić information content (AvgIpc) is 2.40. The fourth-order valence-electron chi connectivity index (χ4n) is 2.09. The van der Waals surface area contributed by atoms with Gasteiger partial charge >= 0.3 is 0 Å². The van der Waals surface area contributed by atoms with E-state index >= 15 is 0 Å². The van der Waals surface area contributed by atoms with Gasteiger partial charge in [-0.15, -0.1) is 0 Å². The third-order valence-corrected chi connectivity index (χ3v) is 3.52. The molecule has 19 heavy (non-hydrogen) atoms. The molecule has 0 radical (unpaired) electrons. The quantitative estimate of drug-likeness (QED) is 0.918. The van der Waals surface area contributed by atoms with Gasteiger partial charge in [0.05, 0.1) is 12.2 Å². The van der Waals surface area contributed by atoms with E-state index in [0.717, 1.165) is 23.2 Å². The first-order valence-electron chi connectivity index (χ1n) is 6.22. The Morgan fingerprint density at radius 1 is 1.37 bits per heavy atom. The minimum absolute atomic E-state index is 0.152. The molecule has 1 heterocycles. The topological polar surface area (TPSA) is 24.9 Å². The summed E-state index contributed by atoms with van der Waals surface area (Å²) in [6, 6.07) is 7.19. The minimum Gasteiger partial charge on any atom is -0.306 e. The van der Waals surface area contributed by atoms with Crippen LogP contribution in [0.3, 0.4) is 0 Å². The van der Waals surface area contributed by atoms with Crippen LogP contribution in [0.4, 0.5) is 4.39 Å². The van der Waals surface area contributed by atoms with E-state index < -0.39 is 0 Å². The first kappa shape index (κ1) is 14.0. The van der Waals surface area contributed by atoms with E-state index in [1.54, 1.807) is 6.20 Å². The summed E-state index contributed by atoms with van der Waals surface area (Å²) in [7, 11) is 0. The maximum atomic E-state index is 13.3. The zero-order valence-electron chi connectivity index (χ0n) is 11.0. The molecular formula is C15H16ClFN2. The number of nitrogens with one attached hydrogen (secondary N) is 1. The molecule has 0 saturated heterocycles. The zero-order valence-corrected chi connectivity index (χ0v) is 11.7. The molecule has 1 N–H and O–H groups in total. The van der Waals surface area contributed by atoms with Crippen molar-refractivity contribution < 1.29 is 4.39 Å². The summed E-state index contributed by atoms with van der Waals surface area (Å²) in [5.41, 5.74) is 2.72. The lowest BCUT2D eigenvalue weighted by Gasteiger charge is -2.20. The highest BCUT2D eigenvalue weighted by atomic mass is 35.5. The number of rotatable bonds is 4. The maximum absolute atomic E-state index is 13.3. The van der Waals surface area contributed by atoms with E-state index in [-0.39, 0.29) is 11.9 Å². The monoisotopic (exact) mass is 278 g/mol. The predicted octanol–water partition coefficient (Wildman–Crippen LogP) is 3.88. The van der Waals surface area contributed by atoms with Crippen LogP contribution < -0.4 is 5.32 Å². The molecular weight excluding hydrogens is 263 g/mol. The van der Waals surface area contributed by atoms with Crippen molar-refractivity contribution in [3.63, 3.8) is 0 Å². The number of aromatic nitrogens is 1. The summed E-state index contributed by atoms with van der Waals surface area (Å²) in [5.74, 6) is -0.343. The fourth-order valence-corrected chi connectivity index (χ4v) is 2.33. The van der Waals surface area contributed by atoms with Gasteiger partial charge in [0.2, 0.25) is 0 Å². The molecule has 100 valence electrons. The van der Waals surface area contributed by atoms with Crippen molar-refractivity contribution in [2.24, 2.45) is 0 Å². The Morgan fingerprint density at radius 3 is 2.84 bits per heavy atom. The van der Waals surface area contributed by atoms with E-state index in [9.17, 15) is 4.39 Å². The standard InChI is InChI=1S/C15H16ClFN2/c1-3-19-15(11-7-12(17)9-18-8-11)13-6-4-5-10(2)14(13)16/h4-9,15,19H,3H2,1-2H3. The number of hydrogen-bond donors (Lipinski definition) is 1. The van der Waals surface area contributed by atoms with Crippen LogP contribution in [-0.4, -0.2) is 11.5 Å². The molecule has 1 aromatic heterocycles. The van der Waals surface area contributed by atoms with Gasteiger partial charge in [0.25, 0.3) is 0 Å². The first-order chi connectivity index (χ1) is 9.13. The number of benzene rings is 1. The summed E-state index contributed by atoms with van der Waals surface area (Å²) in [6.07, 6.45) is 2.86. The Labute approximate surface area is 117 Å². The van der Waals surface area contributed by atoms with Gasteiger partial charge in [0, 0.05) is 11.2 Å². The highest BCUT2D eigenvalue weighted by molar-refractivity contribution is 6.32. The number of nitrogens with zero attached hydrogens (tertiary/aromatic N) is 1. The molecule has 2 rings (SSSR count). The van der Waals surface area contributed by atoms with Crippen molar-refractivity contribution in [2.75, 3.05) is 6.54 Å². The lowest BCUT2D eigenvalue weighted by molar-refractivity contribution is 0.596. The Kier molecular flexibility index (Phi) is 4.51. The highest BCUT2D eigenvalue weighted by Gasteiger charge is 2.17. The summed E-state index contributed by atoms with van der Waals surface area (Å²) in [4.78, 5) is 3.91. The molecule has 1 atom stereocenters. The molecule has 2 nitrogen and oxygen atoms in total. The zero-order chi connectivity index (χ0) is 13.8. The van der Waals surface area contributed by atoms with Gasteiger partial charge in [0.15, 0.2) is 0 Å². The third kappa shape index (κ3) is 3.11. The number of pyridine rings is 1. The van der Waals surface area contributed by atoms with E-state index in [1.807, 2.05) is 32.0 Å². The number of aryl methyl sites for hydroxylation is 1. The Hall–Kier alpha value is -1.45. The van der Waals surface area contributed by atoms with E-state index in [0.29, 0.717) is 5.02 Å². The lowest BCUT2D eigenvalue weighted by atomic mass is 9.98. The van der Waals surface area contributed by atoms with Crippen molar-refractivity contribution in [1.29, 1.82) is 0 Å². The molecule has 0 saturated carbocycles. The van der Waals surface area contributed by atoms with Crippen LogP contribution in [0.5, 0.6) is 0 Å². The van der Waals surface area contributed by atoms with Gasteiger partial charge in [-0.05, 0) is 36.2 Å². The van der Waals surface area contributed by atoms with Crippen molar-refractivity contribution in [2.45, 2.75) is 19.9 Å². The van der Waals surface area contributed by atoms with Crippen LogP contribution in [0.15, 0.2) is 36.7 Å². The Balaban J connectivity index is 2.48. The molecule has 0 bridgehead atoms. The highest BCUT2D eigenvalue weighted by Crippen LogP contribution is 2.30. The summed E-state index contributed by atoms with van der Waals surface area (Å²) in [5, 5.41) is 4.03. The largest absolute Gasteiger partial charge is 0.306 e. The second kappa shape index (κ2) is 6.13. The van der Waals surface area contributed by atoms with Gasteiger partial charge in [-0.1, -0.05) is 36.7 Å². The Morgan fingerprint density at radius 2 is 2.16 bits per heavy atom. The van der Waals surface area contributed by atoms with Gasteiger partial charge in [0.1, 0.15) is 5.82 Å². The second-order valence-corrected chi connectivity index (χ2v) is 4.78. The van der Waals surface area contributed by atoms with Crippen LogP contribution in [0.1, 0.15) is 29.7 Å². The maximum Gasteiger partial charge on any atom is 0.141 e. The summed E-state index contributed by atoms with van der Waals surface area (Å²) >= 11 is 6.36. The van der Waals surface area contributed by atoms with Gasteiger partial charge < -0.3 is 5.32 Å². The molecule has 4 heteroatoms. The summed E-state index contributed by atoms with van der Waals surface area (Å²) in [6.45, 7) is 4.72. The third-order valence-electron chi connectivity index (χ3n) is 3.00. The number of hydrogen-bond acceptors (Lipinski definition) is 2. The van der Waals surface area contributed by atoms with Crippen LogP contribution in [0.2, 0.25) is 5.02 Å². The SMILES string of the molecule is CCNC(c1cncc(F)c1)c1cccc(C)c1Cl. The van der Waals surface area contributed by atoms with Crippen LogP contribution in [0.25, 0.3) is 0 Å². The molecule has 0 fully saturated rings. The molecule has 0 aliphatic carbocycles. The number of halogens is 2. The van der Waals surface area contributed by atoms with Gasteiger partial charge in [-0.25, -0.2) is 4.39 Å². The molecule has 0 amide bonds. The minimum atomic E-state index is -0.343. The smallest absolute Gasteiger partial charge is 0.141 e. The second-order valence-electron chi connectivity index (χ2n) is 4.41. The van der Waals surface area contributed by atoms with E-state index in [4.69, 9.17) is 11.6 Å². The van der Waals surface area contributed by atoms with Crippen molar-refractivity contribution in [1.82, 2.24) is 10.3 Å². The van der Waals surface area contributed by atoms with Crippen LogP contribution in [-0.2, 0) is 0 Å².